The highest BCUT2D eigenvalue weighted by atomic mass is 32.2. The van der Waals surface area contributed by atoms with Gasteiger partial charge in [0.1, 0.15) is 0 Å². The van der Waals surface area contributed by atoms with Gasteiger partial charge in [0.25, 0.3) is 5.69 Å². The van der Waals surface area contributed by atoms with E-state index in [-0.39, 0.29) is 5.69 Å². The molecule has 3 aromatic rings. The summed E-state index contributed by atoms with van der Waals surface area (Å²) in [4.78, 5) is 12.7. The van der Waals surface area contributed by atoms with E-state index in [1.165, 1.54) is 12.1 Å². The highest BCUT2D eigenvalue weighted by Crippen LogP contribution is 2.35. The maximum absolute atomic E-state index is 11.9. The summed E-state index contributed by atoms with van der Waals surface area (Å²) < 4.78 is 26.4. The third-order valence-corrected chi connectivity index (χ3v) is 5.56. The number of hydrogen-bond acceptors (Lipinski definition) is 6. The Balaban J connectivity index is 1.74. The molecule has 1 saturated heterocycles. The number of benzene rings is 2. The molecule has 2 N–H and O–H groups in total. The molecule has 0 saturated carbocycles. The molecule has 0 spiro atoms. The van der Waals surface area contributed by atoms with Crippen molar-refractivity contribution >= 4 is 50.1 Å². The Labute approximate surface area is 173 Å². The minimum absolute atomic E-state index is 0.0129. The molecule has 156 valence electrons. The number of anilines is 2. The average molecular weight is 427 g/mol. The van der Waals surface area contributed by atoms with Crippen molar-refractivity contribution in [1.29, 1.82) is 0 Å². The molecule has 0 unspecified atom stereocenters. The molecule has 1 aromatic heterocycles. The monoisotopic (exact) mass is 427 g/mol. The summed E-state index contributed by atoms with van der Waals surface area (Å²) in [6.07, 6.45) is 6.74. The molecule has 0 atom stereocenters. The van der Waals surface area contributed by atoms with Crippen LogP contribution in [0.5, 0.6) is 0 Å². The minimum Gasteiger partial charge on any atom is -0.370 e. The molecular formula is C20H21N5O4S. The van der Waals surface area contributed by atoms with Gasteiger partial charge < -0.3 is 4.90 Å². The van der Waals surface area contributed by atoms with Crippen LogP contribution in [0.25, 0.3) is 23.1 Å². The lowest BCUT2D eigenvalue weighted by Gasteiger charge is -2.21. The maximum atomic E-state index is 11.9. The van der Waals surface area contributed by atoms with Crippen LogP contribution in [0.1, 0.15) is 24.1 Å². The quantitative estimate of drug-likeness (QED) is 0.458. The van der Waals surface area contributed by atoms with E-state index < -0.39 is 14.9 Å². The number of non-ortho nitro benzene ring substituents is 1. The van der Waals surface area contributed by atoms with E-state index >= 15 is 0 Å². The van der Waals surface area contributed by atoms with Crippen molar-refractivity contribution in [2.24, 2.45) is 0 Å². The van der Waals surface area contributed by atoms with Crippen LogP contribution in [0.15, 0.2) is 36.4 Å². The topological polar surface area (TPSA) is 121 Å². The van der Waals surface area contributed by atoms with Gasteiger partial charge in [-0.1, -0.05) is 18.2 Å². The first kappa shape index (κ1) is 19.9. The highest BCUT2D eigenvalue weighted by Gasteiger charge is 2.20. The third-order valence-electron chi connectivity index (χ3n) is 4.97. The SMILES string of the molecule is CS(=O)(=O)Nc1cc2c(C=Cc3cccc([N+](=O)[O-])c3)n[nH]c2cc1N1CCCC1. The van der Waals surface area contributed by atoms with Gasteiger partial charge in [0.05, 0.1) is 33.8 Å². The van der Waals surface area contributed by atoms with Crippen LogP contribution in [0.2, 0.25) is 0 Å². The Morgan fingerprint density at radius 3 is 2.67 bits per heavy atom. The standard InChI is InChI=1S/C20H21N5O4S/c1-30(28,29)23-19-12-16-17(8-7-14-5-4-6-15(11-14)25(26)27)21-22-18(16)13-20(19)24-9-2-3-10-24/h4-8,11-13,23H,2-3,9-10H2,1H3,(H,21,22). The van der Waals surface area contributed by atoms with Crippen LogP contribution >= 0.6 is 0 Å². The fourth-order valence-electron chi connectivity index (χ4n) is 3.62. The van der Waals surface area contributed by atoms with Crippen molar-refractivity contribution in [3.8, 4) is 0 Å². The predicted molar refractivity (Wildman–Crippen MR) is 118 cm³/mol. The molecule has 9 nitrogen and oxygen atoms in total. The number of nitro benzene ring substituents is 1. The first-order chi connectivity index (χ1) is 14.3. The number of H-pyrrole nitrogens is 1. The summed E-state index contributed by atoms with van der Waals surface area (Å²) >= 11 is 0. The van der Waals surface area contributed by atoms with Crippen molar-refractivity contribution in [3.05, 3.63) is 57.8 Å². The van der Waals surface area contributed by atoms with Gasteiger partial charge in [-0.05, 0) is 36.6 Å². The predicted octanol–water partition coefficient (Wildman–Crippen LogP) is 3.61. The third kappa shape index (κ3) is 4.28. The molecule has 1 aliphatic heterocycles. The largest absolute Gasteiger partial charge is 0.370 e. The summed E-state index contributed by atoms with van der Waals surface area (Å²) in [5.74, 6) is 0. The number of nitrogens with zero attached hydrogens (tertiary/aromatic N) is 3. The summed E-state index contributed by atoms with van der Waals surface area (Å²) in [5, 5.41) is 19.0. The lowest BCUT2D eigenvalue weighted by Crippen LogP contribution is -2.20. The molecule has 0 bridgehead atoms. The van der Waals surface area contributed by atoms with Crippen molar-refractivity contribution in [2.75, 3.05) is 29.0 Å². The fraction of sp³-hybridized carbons (Fsp3) is 0.250. The summed E-state index contributed by atoms with van der Waals surface area (Å²) in [7, 11) is -3.45. The van der Waals surface area contributed by atoms with Gasteiger partial charge in [0, 0.05) is 30.6 Å². The molecule has 0 amide bonds. The zero-order chi connectivity index (χ0) is 21.3. The van der Waals surface area contributed by atoms with Crippen LogP contribution in [0.3, 0.4) is 0 Å². The number of sulfonamides is 1. The fourth-order valence-corrected chi connectivity index (χ4v) is 4.18. The molecule has 1 fully saturated rings. The van der Waals surface area contributed by atoms with Gasteiger partial charge in [-0.3, -0.25) is 19.9 Å². The first-order valence-corrected chi connectivity index (χ1v) is 11.4. The number of fused-ring (bicyclic) bond motifs is 1. The second kappa shape index (κ2) is 7.79. The smallest absolute Gasteiger partial charge is 0.270 e. The van der Waals surface area contributed by atoms with Gasteiger partial charge in [0.15, 0.2) is 0 Å². The maximum Gasteiger partial charge on any atom is 0.270 e. The normalized spacial score (nSPS) is 14.6. The van der Waals surface area contributed by atoms with E-state index in [4.69, 9.17) is 0 Å². The van der Waals surface area contributed by atoms with Gasteiger partial charge >= 0.3 is 0 Å². The van der Waals surface area contributed by atoms with Crippen molar-refractivity contribution in [2.45, 2.75) is 12.8 Å². The number of nitrogens with one attached hydrogen (secondary N) is 2. The lowest BCUT2D eigenvalue weighted by molar-refractivity contribution is -0.384. The van der Waals surface area contributed by atoms with E-state index in [1.807, 2.05) is 6.07 Å². The van der Waals surface area contributed by atoms with Gasteiger partial charge in [0.2, 0.25) is 10.0 Å². The van der Waals surface area contributed by atoms with Crippen molar-refractivity contribution in [3.63, 3.8) is 0 Å². The Hall–Kier alpha value is -3.40. The zero-order valence-corrected chi connectivity index (χ0v) is 17.1. The Morgan fingerprint density at radius 2 is 1.97 bits per heavy atom. The molecule has 0 radical (unpaired) electrons. The zero-order valence-electron chi connectivity index (χ0n) is 16.3. The summed E-state index contributed by atoms with van der Waals surface area (Å²) in [6.45, 7) is 1.75. The second-order valence-electron chi connectivity index (χ2n) is 7.28. The lowest BCUT2D eigenvalue weighted by atomic mass is 10.1. The molecule has 30 heavy (non-hydrogen) atoms. The van der Waals surface area contributed by atoms with Crippen LogP contribution in [0.4, 0.5) is 17.1 Å². The Bertz CT molecular complexity index is 1240. The van der Waals surface area contributed by atoms with Crippen LogP contribution in [-0.2, 0) is 10.0 Å². The van der Waals surface area contributed by atoms with Gasteiger partial charge in [-0.2, -0.15) is 5.10 Å². The average Bonchev–Trinajstić information content (AvgIpc) is 3.34. The molecule has 10 heteroatoms. The second-order valence-corrected chi connectivity index (χ2v) is 9.03. The van der Waals surface area contributed by atoms with Crippen LogP contribution in [-0.4, -0.2) is 42.9 Å². The highest BCUT2D eigenvalue weighted by molar-refractivity contribution is 7.92. The molecule has 1 aliphatic rings. The summed E-state index contributed by atoms with van der Waals surface area (Å²) in [5.41, 5.74) is 3.42. The van der Waals surface area contributed by atoms with Gasteiger partial charge in [-0.25, -0.2) is 8.42 Å². The molecule has 0 aliphatic carbocycles. The van der Waals surface area contributed by atoms with E-state index in [2.05, 4.69) is 19.8 Å². The van der Waals surface area contributed by atoms with E-state index in [0.29, 0.717) is 16.9 Å². The number of rotatable bonds is 6. The van der Waals surface area contributed by atoms with E-state index in [0.717, 1.165) is 48.8 Å². The van der Waals surface area contributed by atoms with E-state index in [9.17, 15) is 18.5 Å². The van der Waals surface area contributed by atoms with Crippen molar-refractivity contribution in [1.82, 2.24) is 10.2 Å². The van der Waals surface area contributed by atoms with Gasteiger partial charge in [-0.15, -0.1) is 0 Å². The van der Waals surface area contributed by atoms with Crippen LogP contribution in [0, 0.1) is 10.1 Å². The number of hydrogen-bond donors (Lipinski definition) is 2. The van der Waals surface area contributed by atoms with Crippen LogP contribution < -0.4 is 9.62 Å². The van der Waals surface area contributed by atoms with Crippen molar-refractivity contribution < 1.29 is 13.3 Å². The van der Waals surface area contributed by atoms with E-state index in [1.54, 1.807) is 30.4 Å². The molecule has 2 heterocycles. The Kier molecular flexibility index (Phi) is 5.17. The number of nitro groups is 1. The number of aromatic nitrogens is 2. The minimum atomic E-state index is -3.45. The molecule has 2 aromatic carbocycles. The Morgan fingerprint density at radius 1 is 1.20 bits per heavy atom. The molecule has 4 rings (SSSR count). The first-order valence-electron chi connectivity index (χ1n) is 9.47. The summed E-state index contributed by atoms with van der Waals surface area (Å²) in [6, 6.07) is 9.99. The molecular weight excluding hydrogens is 406 g/mol. The number of aromatic amines is 1.